The van der Waals surface area contributed by atoms with Gasteiger partial charge in [0.25, 0.3) is 0 Å². The van der Waals surface area contributed by atoms with E-state index in [2.05, 4.69) is 10.3 Å². The number of aliphatic hydroxyl groups excluding tert-OH is 1. The molecule has 0 amide bonds. The van der Waals surface area contributed by atoms with Crippen molar-refractivity contribution in [1.29, 1.82) is 5.26 Å². The van der Waals surface area contributed by atoms with Crippen molar-refractivity contribution < 1.29 is 5.11 Å². The fourth-order valence-electron chi connectivity index (χ4n) is 1.72. The molecular weight excluding hydrogens is 216 g/mol. The van der Waals surface area contributed by atoms with Crippen LogP contribution in [-0.4, -0.2) is 26.7 Å². The zero-order valence-corrected chi connectivity index (χ0v) is 9.46. The number of nitriles is 1. The number of rotatable bonds is 3. The molecule has 0 radical (unpaired) electrons. The molecule has 0 bridgehead atoms. The van der Waals surface area contributed by atoms with E-state index < -0.39 is 0 Å². The standard InChI is InChI=1S/C12H12N4O/c1-9-3-2-4-10(7-9)12-11(8-13)14-15-16(12)5-6-17/h2-4,7,17H,5-6H2,1H3. The number of nitrogens with zero attached hydrogens (tertiary/aromatic N) is 4. The van der Waals surface area contributed by atoms with Gasteiger partial charge in [0, 0.05) is 5.56 Å². The summed E-state index contributed by atoms with van der Waals surface area (Å²) in [6.07, 6.45) is 0. The van der Waals surface area contributed by atoms with Gasteiger partial charge in [-0.1, -0.05) is 29.0 Å². The van der Waals surface area contributed by atoms with Crippen LogP contribution in [0.3, 0.4) is 0 Å². The molecule has 1 heterocycles. The highest BCUT2D eigenvalue weighted by atomic mass is 16.3. The zero-order chi connectivity index (χ0) is 12.3. The van der Waals surface area contributed by atoms with E-state index >= 15 is 0 Å². The molecule has 5 nitrogen and oxygen atoms in total. The Bertz CT molecular complexity index is 568. The fourth-order valence-corrected chi connectivity index (χ4v) is 1.72. The van der Waals surface area contributed by atoms with Crippen molar-refractivity contribution in [3.05, 3.63) is 35.5 Å². The van der Waals surface area contributed by atoms with Gasteiger partial charge in [0.15, 0.2) is 5.69 Å². The van der Waals surface area contributed by atoms with Gasteiger partial charge in [-0.3, -0.25) is 0 Å². The molecule has 0 aliphatic rings. The molecule has 0 atom stereocenters. The van der Waals surface area contributed by atoms with E-state index in [-0.39, 0.29) is 12.3 Å². The van der Waals surface area contributed by atoms with Gasteiger partial charge in [0.05, 0.1) is 13.2 Å². The largest absolute Gasteiger partial charge is 0.394 e. The van der Waals surface area contributed by atoms with Gasteiger partial charge in [-0.05, 0) is 13.0 Å². The molecule has 17 heavy (non-hydrogen) atoms. The van der Waals surface area contributed by atoms with Crippen LogP contribution in [0.2, 0.25) is 0 Å². The molecule has 0 saturated carbocycles. The topological polar surface area (TPSA) is 74.7 Å². The molecule has 2 aromatic rings. The first kappa shape index (κ1) is 11.3. The quantitative estimate of drug-likeness (QED) is 0.854. The second kappa shape index (κ2) is 4.76. The Kier molecular flexibility index (Phi) is 3.17. The van der Waals surface area contributed by atoms with Crippen molar-refractivity contribution in [3.63, 3.8) is 0 Å². The van der Waals surface area contributed by atoms with Crippen LogP contribution in [0, 0.1) is 18.3 Å². The van der Waals surface area contributed by atoms with Crippen molar-refractivity contribution in [3.8, 4) is 17.3 Å². The lowest BCUT2D eigenvalue weighted by molar-refractivity contribution is 0.269. The Labute approximate surface area is 98.9 Å². The first-order chi connectivity index (χ1) is 8.26. The van der Waals surface area contributed by atoms with E-state index in [0.29, 0.717) is 12.2 Å². The Balaban J connectivity index is 2.56. The summed E-state index contributed by atoms with van der Waals surface area (Å²) in [6, 6.07) is 9.79. The number of hydrogen-bond donors (Lipinski definition) is 1. The summed E-state index contributed by atoms with van der Waals surface area (Å²) in [5.41, 5.74) is 2.93. The minimum absolute atomic E-state index is 0.0347. The van der Waals surface area contributed by atoms with Crippen LogP contribution in [0.1, 0.15) is 11.3 Å². The molecular formula is C12H12N4O. The van der Waals surface area contributed by atoms with E-state index in [1.165, 1.54) is 0 Å². The molecule has 0 fully saturated rings. The second-order valence-corrected chi connectivity index (χ2v) is 3.71. The maximum absolute atomic E-state index is 9.00. The van der Waals surface area contributed by atoms with E-state index in [9.17, 15) is 0 Å². The number of aryl methyl sites for hydroxylation is 1. The number of aliphatic hydroxyl groups is 1. The molecule has 2 rings (SSSR count). The monoisotopic (exact) mass is 228 g/mol. The van der Waals surface area contributed by atoms with Crippen molar-refractivity contribution >= 4 is 0 Å². The Morgan fingerprint density at radius 3 is 2.94 bits per heavy atom. The molecule has 1 aromatic heterocycles. The summed E-state index contributed by atoms with van der Waals surface area (Å²) >= 11 is 0. The lowest BCUT2D eigenvalue weighted by Gasteiger charge is -2.05. The maximum Gasteiger partial charge on any atom is 0.190 e. The van der Waals surface area contributed by atoms with E-state index in [4.69, 9.17) is 10.4 Å². The van der Waals surface area contributed by atoms with Gasteiger partial charge in [0.2, 0.25) is 0 Å². The Morgan fingerprint density at radius 2 is 2.29 bits per heavy atom. The Hall–Kier alpha value is -2.19. The highest BCUT2D eigenvalue weighted by Gasteiger charge is 2.14. The van der Waals surface area contributed by atoms with Crippen LogP contribution in [0.4, 0.5) is 0 Å². The molecule has 86 valence electrons. The summed E-state index contributed by atoms with van der Waals surface area (Å²) in [7, 11) is 0. The molecule has 0 saturated heterocycles. The van der Waals surface area contributed by atoms with E-state index in [1.807, 2.05) is 37.3 Å². The average molecular weight is 228 g/mol. The van der Waals surface area contributed by atoms with Crippen LogP contribution in [0.25, 0.3) is 11.3 Å². The summed E-state index contributed by atoms with van der Waals surface area (Å²) in [5, 5.41) is 25.6. The fraction of sp³-hybridized carbons (Fsp3) is 0.250. The van der Waals surface area contributed by atoms with Crippen LogP contribution in [0.5, 0.6) is 0 Å². The first-order valence-electron chi connectivity index (χ1n) is 5.27. The normalized spacial score (nSPS) is 10.2. The predicted octanol–water partition coefficient (Wildman–Crippen LogP) is 1.12. The third kappa shape index (κ3) is 2.17. The Morgan fingerprint density at radius 1 is 1.47 bits per heavy atom. The van der Waals surface area contributed by atoms with Gasteiger partial charge in [-0.25, -0.2) is 4.68 Å². The number of hydrogen-bond acceptors (Lipinski definition) is 4. The highest BCUT2D eigenvalue weighted by Crippen LogP contribution is 2.22. The first-order valence-corrected chi connectivity index (χ1v) is 5.27. The minimum Gasteiger partial charge on any atom is -0.394 e. The van der Waals surface area contributed by atoms with Gasteiger partial charge >= 0.3 is 0 Å². The third-order valence-electron chi connectivity index (χ3n) is 2.44. The molecule has 0 aliphatic carbocycles. The highest BCUT2D eigenvalue weighted by molar-refractivity contribution is 5.65. The van der Waals surface area contributed by atoms with Crippen molar-refractivity contribution in [2.45, 2.75) is 13.5 Å². The van der Waals surface area contributed by atoms with E-state index in [1.54, 1.807) is 4.68 Å². The summed E-state index contributed by atoms with van der Waals surface area (Å²) in [4.78, 5) is 0. The smallest absolute Gasteiger partial charge is 0.190 e. The van der Waals surface area contributed by atoms with Crippen LogP contribution in [-0.2, 0) is 6.54 Å². The number of benzene rings is 1. The summed E-state index contributed by atoms with van der Waals surface area (Å²) in [6.45, 7) is 2.28. The van der Waals surface area contributed by atoms with Crippen LogP contribution < -0.4 is 0 Å². The zero-order valence-electron chi connectivity index (χ0n) is 9.46. The molecule has 0 spiro atoms. The number of aromatic nitrogens is 3. The molecule has 0 aliphatic heterocycles. The minimum atomic E-state index is -0.0347. The van der Waals surface area contributed by atoms with Gasteiger partial charge in [0.1, 0.15) is 11.8 Å². The van der Waals surface area contributed by atoms with Crippen LogP contribution in [0.15, 0.2) is 24.3 Å². The second-order valence-electron chi connectivity index (χ2n) is 3.71. The van der Waals surface area contributed by atoms with Gasteiger partial charge < -0.3 is 5.11 Å². The summed E-state index contributed by atoms with van der Waals surface area (Å²) in [5.74, 6) is 0. The molecule has 1 aromatic carbocycles. The summed E-state index contributed by atoms with van der Waals surface area (Å²) < 4.78 is 1.55. The SMILES string of the molecule is Cc1cccc(-c2c(C#N)nnn2CCO)c1. The van der Waals surface area contributed by atoms with Gasteiger partial charge in [-0.2, -0.15) is 5.26 Å². The lowest BCUT2D eigenvalue weighted by atomic mass is 10.1. The lowest BCUT2D eigenvalue weighted by Crippen LogP contribution is -2.06. The van der Waals surface area contributed by atoms with Crippen molar-refractivity contribution in [1.82, 2.24) is 15.0 Å². The van der Waals surface area contributed by atoms with Gasteiger partial charge in [-0.15, -0.1) is 5.10 Å². The van der Waals surface area contributed by atoms with Crippen molar-refractivity contribution in [2.75, 3.05) is 6.61 Å². The van der Waals surface area contributed by atoms with E-state index in [0.717, 1.165) is 11.1 Å². The molecule has 1 N–H and O–H groups in total. The van der Waals surface area contributed by atoms with Crippen molar-refractivity contribution in [2.24, 2.45) is 0 Å². The third-order valence-corrected chi connectivity index (χ3v) is 2.44. The predicted molar refractivity (Wildman–Crippen MR) is 62.0 cm³/mol. The molecule has 5 heteroatoms. The molecule has 0 unspecified atom stereocenters. The average Bonchev–Trinajstić information content (AvgIpc) is 2.72. The maximum atomic E-state index is 9.00. The van der Waals surface area contributed by atoms with Crippen LogP contribution >= 0.6 is 0 Å².